The molecule has 0 bridgehead atoms. The van der Waals surface area contributed by atoms with E-state index in [1.54, 1.807) is 0 Å². The summed E-state index contributed by atoms with van der Waals surface area (Å²) in [5.41, 5.74) is 0. The molecule has 3 nitrogen and oxygen atoms in total. The van der Waals surface area contributed by atoms with E-state index < -0.39 is 6.16 Å². The molecule has 0 aliphatic rings. The molecule has 0 fully saturated rings. The van der Waals surface area contributed by atoms with Gasteiger partial charge in [-0.2, -0.15) is 0 Å². The Morgan fingerprint density at radius 3 is 0.900 bits per heavy atom. The first-order valence-corrected chi connectivity index (χ1v) is 13.6. The summed E-state index contributed by atoms with van der Waals surface area (Å²) >= 11 is 0. The van der Waals surface area contributed by atoms with Crippen molar-refractivity contribution in [3.8, 4) is 0 Å². The van der Waals surface area contributed by atoms with Gasteiger partial charge in [0.1, 0.15) is 0 Å². The van der Waals surface area contributed by atoms with Gasteiger partial charge in [-0.3, -0.25) is 0 Å². The fraction of sp³-hybridized carbons (Fsp3) is 0.963. The fourth-order valence-corrected chi connectivity index (χ4v) is 3.89. The Kier molecular flexibility index (Phi) is 25.7. The molecule has 0 atom stereocenters. The first-order valence-electron chi connectivity index (χ1n) is 13.6. The smallest absolute Gasteiger partial charge is 0.434 e. The number of hydrogen-bond donors (Lipinski definition) is 0. The predicted molar refractivity (Wildman–Crippen MR) is 130 cm³/mol. The highest BCUT2D eigenvalue weighted by Crippen LogP contribution is 2.12. The van der Waals surface area contributed by atoms with Crippen LogP contribution in [0.3, 0.4) is 0 Å². The lowest BCUT2D eigenvalue weighted by Gasteiger charge is -2.06. The van der Waals surface area contributed by atoms with E-state index >= 15 is 0 Å². The zero-order valence-corrected chi connectivity index (χ0v) is 20.7. The standard InChI is InChI=1S/C27H54O3/c1-3-5-7-9-11-13-15-16-18-20-22-24-26-30-27(28)29-25-23-21-19-17-14-12-10-8-6-4-2/h3-26H2,1-2H3. The van der Waals surface area contributed by atoms with Gasteiger partial charge < -0.3 is 9.47 Å². The molecule has 0 aliphatic heterocycles. The third-order valence-electron chi connectivity index (χ3n) is 5.94. The van der Waals surface area contributed by atoms with Crippen molar-refractivity contribution in [1.29, 1.82) is 0 Å². The Hall–Kier alpha value is -0.730. The highest BCUT2D eigenvalue weighted by atomic mass is 16.7. The van der Waals surface area contributed by atoms with Crippen molar-refractivity contribution in [2.24, 2.45) is 0 Å². The van der Waals surface area contributed by atoms with Crippen molar-refractivity contribution in [1.82, 2.24) is 0 Å². The Morgan fingerprint density at radius 1 is 0.400 bits per heavy atom. The minimum absolute atomic E-state index is 0.478. The molecule has 0 heterocycles. The van der Waals surface area contributed by atoms with Crippen LogP contribution in [0, 0.1) is 0 Å². The van der Waals surface area contributed by atoms with E-state index in [0.29, 0.717) is 13.2 Å². The average molecular weight is 427 g/mol. The van der Waals surface area contributed by atoms with Crippen molar-refractivity contribution < 1.29 is 14.3 Å². The highest BCUT2D eigenvalue weighted by molar-refractivity contribution is 5.59. The van der Waals surface area contributed by atoms with E-state index in [0.717, 1.165) is 25.7 Å². The van der Waals surface area contributed by atoms with Gasteiger partial charge in [0, 0.05) is 0 Å². The van der Waals surface area contributed by atoms with Gasteiger partial charge in [-0.1, -0.05) is 142 Å². The van der Waals surface area contributed by atoms with Gasteiger partial charge in [-0.15, -0.1) is 0 Å². The van der Waals surface area contributed by atoms with E-state index in [4.69, 9.17) is 9.47 Å². The second kappa shape index (κ2) is 26.3. The minimum Gasteiger partial charge on any atom is -0.434 e. The summed E-state index contributed by atoms with van der Waals surface area (Å²) in [5, 5.41) is 0. The monoisotopic (exact) mass is 426 g/mol. The number of carbonyl (C=O) groups is 1. The zero-order chi connectivity index (χ0) is 22.0. The van der Waals surface area contributed by atoms with Crippen LogP contribution in [-0.4, -0.2) is 19.4 Å². The lowest BCUT2D eigenvalue weighted by atomic mass is 10.1. The predicted octanol–water partition coefficient (Wildman–Crippen LogP) is 9.76. The van der Waals surface area contributed by atoms with Crippen LogP contribution < -0.4 is 0 Å². The van der Waals surface area contributed by atoms with Crippen LogP contribution in [0.5, 0.6) is 0 Å². The second-order valence-electron chi connectivity index (χ2n) is 9.02. The van der Waals surface area contributed by atoms with Crippen LogP contribution in [0.2, 0.25) is 0 Å². The summed E-state index contributed by atoms with van der Waals surface area (Å²) in [5.74, 6) is 0. The van der Waals surface area contributed by atoms with Gasteiger partial charge >= 0.3 is 6.16 Å². The van der Waals surface area contributed by atoms with Crippen LogP contribution in [-0.2, 0) is 9.47 Å². The molecule has 180 valence electrons. The number of rotatable bonds is 24. The summed E-state index contributed by atoms with van der Waals surface area (Å²) in [6.07, 6.45) is 28.2. The van der Waals surface area contributed by atoms with E-state index in [1.807, 2.05) is 0 Å². The number of hydrogen-bond acceptors (Lipinski definition) is 3. The molecule has 3 heteroatoms. The van der Waals surface area contributed by atoms with E-state index in [2.05, 4.69) is 13.8 Å². The molecule has 0 spiro atoms. The van der Waals surface area contributed by atoms with E-state index in [9.17, 15) is 4.79 Å². The van der Waals surface area contributed by atoms with Crippen molar-refractivity contribution >= 4 is 6.16 Å². The molecule has 0 amide bonds. The molecule has 0 aromatic carbocycles. The maximum absolute atomic E-state index is 11.6. The Balaban J connectivity index is 3.13. The number of carbonyl (C=O) groups excluding carboxylic acids is 1. The SMILES string of the molecule is CCCCCCCCCCCCCCOC(=O)OCCCCCCCCCCCC. The maximum Gasteiger partial charge on any atom is 0.508 e. The van der Waals surface area contributed by atoms with Crippen LogP contribution in [0.4, 0.5) is 4.79 Å². The first-order chi connectivity index (χ1) is 14.8. The minimum atomic E-state index is -0.478. The Bertz CT molecular complexity index is 330. The van der Waals surface area contributed by atoms with Gasteiger partial charge in [0.2, 0.25) is 0 Å². The van der Waals surface area contributed by atoms with Crippen LogP contribution in [0.25, 0.3) is 0 Å². The van der Waals surface area contributed by atoms with E-state index in [-0.39, 0.29) is 0 Å². The molecule has 0 aromatic heterocycles. The third kappa shape index (κ3) is 25.3. The van der Waals surface area contributed by atoms with Crippen LogP contribution >= 0.6 is 0 Å². The second-order valence-corrected chi connectivity index (χ2v) is 9.02. The highest BCUT2D eigenvalue weighted by Gasteiger charge is 2.03. The Labute approximate surface area is 189 Å². The molecule has 0 radical (unpaired) electrons. The molecule has 0 aliphatic carbocycles. The summed E-state index contributed by atoms with van der Waals surface area (Å²) in [7, 11) is 0. The number of ether oxygens (including phenoxy) is 2. The fourth-order valence-electron chi connectivity index (χ4n) is 3.89. The molecule has 0 saturated carbocycles. The number of unbranched alkanes of at least 4 members (excludes halogenated alkanes) is 20. The molecule has 0 N–H and O–H groups in total. The molecular formula is C27H54O3. The van der Waals surface area contributed by atoms with Crippen LogP contribution in [0.15, 0.2) is 0 Å². The first kappa shape index (κ1) is 29.3. The average Bonchev–Trinajstić information content (AvgIpc) is 2.75. The third-order valence-corrected chi connectivity index (χ3v) is 5.94. The lowest BCUT2D eigenvalue weighted by Crippen LogP contribution is -2.09. The van der Waals surface area contributed by atoms with Crippen molar-refractivity contribution in [2.45, 2.75) is 155 Å². The van der Waals surface area contributed by atoms with Crippen molar-refractivity contribution in [3.63, 3.8) is 0 Å². The van der Waals surface area contributed by atoms with Gasteiger partial charge in [-0.25, -0.2) is 4.79 Å². The quantitative estimate of drug-likeness (QED) is 0.114. The molecule has 0 rings (SSSR count). The molecule has 0 unspecified atom stereocenters. The zero-order valence-electron chi connectivity index (χ0n) is 20.7. The van der Waals surface area contributed by atoms with Gasteiger partial charge in [-0.05, 0) is 12.8 Å². The summed E-state index contributed by atoms with van der Waals surface area (Å²) in [4.78, 5) is 11.6. The van der Waals surface area contributed by atoms with Crippen molar-refractivity contribution in [2.75, 3.05) is 13.2 Å². The largest absolute Gasteiger partial charge is 0.508 e. The van der Waals surface area contributed by atoms with Gasteiger partial charge in [0.05, 0.1) is 13.2 Å². The van der Waals surface area contributed by atoms with Crippen molar-refractivity contribution in [3.05, 3.63) is 0 Å². The molecule has 0 aromatic rings. The summed E-state index contributed by atoms with van der Waals surface area (Å²) < 4.78 is 10.3. The maximum atomic E-state index is 11.6. The van der Waals surface area contributed by atoms with E-state index in [1.165, 1.54) is 116 Å². The molecule has 30 heavy (non-hydrogen) atoms. The molecule has 0 saturated heterocycles. The summed E-state index contributed by atoms with van der Waals surface area (Å²) in [6, 6.07) is 0. The lowest BCUT2D eigenvalue weighted by molar-refractivity contribution is 0.0529. The van der Waals surface area contributed by atoms with Crippen LogP contribution in [0.1, 0.15) is 155 Å². The van der Waals surface area contributed by atoms with Gasteiger partial charge in [0.15, 0.2) is 0 Å². The Morgan fingerprint density at radius 2 is 0.633 bits per heavy atom. The van der Waals surface area contributed by atoms with Gasteiger partial charge in [0.25, 0.3) is 0 Å². The molecular weight excluding hydrogens is 372 g/mol. The topological polar surface area (TPSA) is 35.5 Å². The normalized spacial score (nSPS) is 11.0. The summed E-state index contributed by atoms with van der Waals surface area (Å²) in [6.45, 7) is 5.55.